The molecule has 1 aromatic rings. The maximum atomic E-state index is 12.4. The minimum absolute atomic E-state index is 0. The van der Waals surface area contributed by atoms with E-state index in [4.69, 9.17) is 4.74 Å². The van der Waals surface area contributed by atoms with Crippen LogP contribution in [0.2, 0.25) is 0 Å². The standard InChI is InChI=1S/C19H27N3O3.ClH/c1-14-12-16(6-7-20-14)19(24)21-17-4-2-15(3-5-17)13-18(23)22-8-10-25-11-9-22;/h2-5,14,16,20H,6-13H2,1H3,(H,21,24);1H/t14-,16-;/m0./s1. The molecule has 0 spiro atoms. The highest BCUT2D eigenvalue weighted by Gasteiger charge is 2.24. The van der Waals surface area contributed by atoms with Crippen molar-refractivity contribution in [1.82, 2.24) is 10.2 Å². The van der Waals surface area contributed by atoms with Crippen LogP contribution in [-0.4, -0.2) is 55.6 Å². The highest BCUT2D eigenvalue weighted by molar-refractivity contribution is 5.92. The van der Waals surface area contributed by atoms with E-state index in [-0.39, 0.29) is 30.1 Å². The smallest absolute Gasteiger partial charge is 0.227 e. The van der Waals surface area contributed by atoms with Crippen molar-refractivity contribution in [2.75, 3.05) is 38.2 Å². The Morgan fingerprint density at radius 2 is 1.92 bits per heavy atom. The maximum absolute atomic E-state index is 12.4. The van der Waals surface area contributed by atoms with Gasteiger partial charge in [0.2, 0.25) is 11.8 Å². The molecule has 144 valence electrons. The summed E-state index contributed by atoms with van der Waals surface area (Å²) in [5, 5.41) is 6.36. The number of carbonyl (C=O) groups excluding carboxylic acids is 2. The third-order valence-corrected chi connectivity index (χ3v) is 4.94. The summed E-state index contributed by atoms with van der Waals surface area (Å²) in [7, 11) is 0. The van der Waals surface area contributed by atoms with Crippen LogP contribution in [0, 0.1) is 5.92 Å². The Kier molecular flexibility index (Phi) is 7.87. The van der Waals surface area contributed by atoms with Gasteiger partial charge >= 0.3 is 0 Å². The number of ether oxygens (including phenoxy) is 1. The molecule has 2 atom stereocenters. The number of anilines is 1. The van der Waals surface area contributed by atoms with Gasteiger partial charge in [-0.1, -0.05) is 12.1 Å². The summed E-state index contributed by atoms with van der Waals surface area (Å²) in [6.07, 6.45) is 2.14. The minimum atomic E-state index is 0. The van der Waals surface area contributed by atoms with Crippen molar-refractivity contribution in [3.8, 4) is 0 Å². The van der Waals surface area contributed by atoms with Crippen molar-refractivity contribution in [2.24, 2.45) is 5.92 Å². The monoisotopic (exact) mass is 381 g/mol. The number of nitrogens with one attached hydrogen (secondary N) is 2. The zero-order valence-electron chi connectivity index (χ0n) is 15.2. The van der Waals surface area contributed by atoms with E-state index >= 15 is 0 Å². The molecule has 2 fully saturated rings. The first-order chi connectivity index (χ1) is 12.1. The summed E-state index contributed by atoms with van der Waals surface area (Å²) in [5.74, 6) is 0.285. The Bertz CT molecular complexity index is 603. The third-order valence-electron chi connectivity index (χ3n) is 4.94. The molecule has 7 heteroatoms. The lowest BCUT2D eigenvalue weighted by Crippen LogP contribution is -2.41. The SMILES string of the molecule is C[C@H]1C[C@@H](C(=O)Nc2ccc(CC(=O)N3CCOCC3)cc2)CCN1.Cl. The molecule has 2 aliphatic rings. The summed E-state index contributed by atoms with van der Waals surface area (Å²) in [4.78, 5) is 26.5. The van der Waals surface area contributed by atoms with E-state index in [1.807, 2.05) is 29.2 Å². The first kappa shape index (κ1) is 20.7. The lowest BCUT2D eigenvalue weighted by molar-refractivity contribution is -0.134. The first-order valence-electron chi connectivity index (χ1n) is 9.10. The van der Waals surface area contributed by atoms with Gasteiger partial charge in [-0.25, -0.2) is 0 Å². The van der Waals surface area contributed by atoms with Crippen molar-refractivity contribution in [3.05, 3.63) is 29.8 Å². The minimum Gasteiger partial charge on any atom is -0.378 e. The number of hydrogen-bond donors (Lipinski definition) is 2. The molecule has 0 aliphatic carbocycles. The third kappa shape index (κ3) is 5.69. The second kappa shape index (κ2) is 9.90. The number of piperidine rings is 1. The number of rotatable bonds is 4. The zero-order chi connectivity index (χ0) is 17.6. The fourth-order valence-electron chi connectivity index (χ4n) is 3.42. The summed E-state index contributed by atoms with van der Waals surface area (Å²) in [5.41, 5.74) is 1.75. The molecule has 0 unspecified atom stereocenters. The van der Waals surface area contributed by atoms with Crippen LogP contribution in [0.15, 0.2) is 24.3 Å². The van der Waals surface area contributed by atoms with Gasteiger partial charge in [0.1, 0.15) is 0 Å². The highest BCUT2D eigenvalue weighted by atomic mass is 35.5. The number of halogens is 1. The topological polar surface area (TPSA) is 70.7 Å². The molecule has 0 saturated carbocycles. The lowest BCUT2D eigenvalue weighted by atomic mass is 9.92. The molecule has 2 heterocycles. The summed E-state index contributed by atoms with van der Waals surface area (Å²) in [6.45, 7) is 5.57. The second-order valence-corrected chi connectivity index (χ2v) is 6.93. The van der Waals surface area contributed by atoms with Crippen LogP contribution in [0.5, 0.6) is 0 Å². The van der Waals surface area contributed by atoms with Gasteiger partial charge in [0.05, 0.1) is 19.6 Å². The molecule has 3 rings (SSSR count). The molecule has 2 saturated heterocycles. The van der Waals surface area contributed by atoms with Gasteiger partial charge in [-0.2, -0.15) is 0 Å². The van der Waals surface area contributed by atoms with E-state index in [9.17, 15) is 9.59 Å². The van der Waals surface area contributed by atoms with E-state index in [1.54, 1.807) is 0 Å². The maximum Gasteiger partial charge on any atom is 0.227 e. The predicted molar refractivity (Wildman–Crippen MR) is 104 cm³/mol. The second-order valence-electron chi connectivity index (χ2n) is 6.93. The van der Waals surface area contributed by atoms with E-state index in [1.165, 1.54) is 0 Å². The molecular weight excluding hydrogens is 354 g/mol. The van der Waals surface area contributed by atoms with Crippen molar-refractivity contribution < 1.29 is 14.3 Å². The van der Waals surface area contributed by atoms with Gasteiger partial charge in [-0.05, 0) is 44.0 Å². The van der Waals surface area contributed by atoms with Crippen LogP contribution >= 0.6 is 12.4 Å². The summed E-state index contributed by atoms with van der Waals surface area (Å²) in [6, 6.07) is 7.98. The van der Waals surface area contributed by atoms with Crippen LogP contribution in [0.25, 0.3) is 0 Å². The fourth-order valence-corrected chi connectivity index (χ4v) is 3.42. The molecule has 0 radical (unpaired) electrons. The van der Waals surface area contributed by atoms with E-state index < -0.39 is 0 Å². The Labute approximate surface area is 161 Å². The molecule has 6 nitrogen and oxygen atoms in total. The molecule has 2 aliphatic heterocycles. The van der Waals surface area contributed by atoms with Gasteiger partial charge in [0.25, 0.3) is 0 Å². The van der Waals surface area contributed by atoms with Gasteiger partial charge in [-0.3, -0.25) is 9.59 Å². The normalized spacial score (nSPS) is 23.0. The van der Waals surface area contributed by atoms with Gasteiger partial charge in [0, 0.05) is 30.7 Å². The van der Waals surface area contributed by atoms with Crippen LogP contribution in [0.4, 0.5) is 5.69 Å². The van der Waals surface area contributed by atoms with Gasteiger partial charge in [0.15, 0.2) is 0 Å². The summed E-state index contributed by atoms with van der Waals surface area (Å²) >= 11 is 0. The van der Waals surface area contributed by atoms with E-state index in [0.717, 1.165) is 30.6 Å². The van der Waals surface area contributed by atoms with Gasteiger partial charge in [-0.15, -0.1) is 12.4 Å². The fraction of sp³-hybridized carbons (Fsp3) is 0.579. The molecule has 2 N–H and O–H groups in total. The van der Waals surface area contributed by atoms with Crippen LogP contribution in [0.1, 0.15) is 25.3 Å². The Morgan fingerprint density at radius 1 is 1.23 bits per heavy atom. The quantitative estimate of drug-likeness (QED) is 0.834. The number of amides is 2. The Morgan fingerprint density at radius 3 is 2.58 bits per heavy atom. The Balaban J connectivity index is 0.00000243. The molecular formula is C19H28ClN3O3. The zero-order valence-corrected chi connectivity index (χ0v) is 16.0. The molecule has 2 amide bonds. The van der Waals surface area contributed by atoms with Crippen molar-refractivity contribution in [2.45, 2.75) is 32.2 Å². The van der Waals surface area contributed by atoms with Crippen molar-refractivity contribution in [1.29, 1.82) is 0 Å². The van der Waals surface area contributed by atoms with Crippen LogP contribution in [0.3, 0.4) is 0 Å². The number of hydrogen-bond acceptors (Lipinski definition) is 4. The predicted octanol–water partition coefficient (Wildman–Crippen LogP) is 1.84. The molecule has 1 aromatic carbocycles. The first-order valence-corrected chi connectivity index (χ1v) is 9.10. The average molecular weight is 382 g/mol. The summed E-state index contributed by atoms with van der Waals surface area (Å²) < 4.78 is 5.27. The van der Waals surface area contributed by atoms with E-state index in [2.05, 4.69) is 17.6 Å². The lowest BCUT2D eigenvalue weighted by Gasteiger charge is -2.27. The molecule has 26 heavy (non-hydrogen) atoms. The number of nitrogens with zero attached hydrogens (tertiary/aromatic N) is 1. The average Bonchev–Trinajstić information content (AvgIpc) is 2.64. The van der Waals surface area contributed by atoms with Gasteiger partial charge < -0.3 is 20.3 Å². The Hall–Kier alpha value is -1.63. The largest absolute Gasteiger partial charge is 0.378 e. The highest BCUT2D eigenvalue weighted by Crippen LogP contribution is 2.19. The van der Waals surface area contributed by atoms with E-state index in [0.29, 0.717) is 38.8 Å². The number of benzene rings is 1. The molecule has 0 aromatic heterocycles. The molecule has 0 bridgehead atoms. The van der Waals surface area contributed by atoms with Crippen molar-refractivity contribution >= 4 is 29.9 Å². The number of morpholine rings is 1. The van der Waals surface area contributed by atoms with Crippen molar-refractivity contribution in [3.63, 3.8) is 0 Å². The van der Waals surface area contributed by atoms with Crippen LogP contribution in [-0.2, 0) is 20.7 Å². The van der Waals surface area contributed by atoms with Crippen LogP contribution < -0.4 is 10.6 Å². The number of carbonyl (C=O) groups is 2.